The normalized spacial score (nSPS) is 10.8. The Morgan fingerprint density at radius 2 is 1.86 bits per heavy atom. The summed E-state index contributed by atoms with van der Waals surface area (Å²) in [5.74, 6) is 0. The topological polar surface area (TPSA) is 60.7 Å². The first-order valence-corrected chi connectivity index (χ1v) is 4.26. The van der Waals surface area contributed by atoms with Crippen LogP contribution in [0.4, 0.5) is 0 Å². The van der Waals surface area contributed by atoms with Gasteiger partial charge in [-0.05, 0) is 13.8 Å². The van der Waals surface area contributed by atoms with Crippen molar-refractivity contribution in [1.82, 2.24) is 19.5 Å². The molecule has 0 amide bonds. The zero-order valence-corrected chi connectivity index (χ0v) is 8.27. The predicted octanol–water partition coefficient (Wildman–Crippen LogP) is 0.340. The van der Waals surface area contributed by atoms with Crippen molar-refractivity contribution in [2.24, 2.45) is 7.05 Å². The average Bonchev–Trinajstić information content (AvgIpc) is 2.15. The molecule has 0 aromatic carbocycles. The van der Waals surface area contributed by atoms with Gasteiger partial charge in [-0.25, -0.2) is 15.0 Å². The molecular formula is C9H10N4O. The van der Waals surface area contributed by atoms with E-state index in [0.717, 1.165) is 11.4 Å². The van der Waals surface area contributed by atoms with Crippen LogP contribution in [0, 0.1) is 13.8 Å². The molecule has 0 bridgehead atoms. The molecule has 0 saturated carbocycles. The molecule has 72 valence electrons. The van der Waals surface area contributed by atoms with Crippen LogP contribution in [0.2, 0.25) is 0 Å². The van der Waals surface area contributed by atoms with Crippen molar-refractivity contribution in [3.8, 4) is 0 Å². The Kier molecular flexibility index (Phi) is 1.80. The van der Waals surface area contributed by atoms with Crippen LogP contribution in [0.1, 0.15) is 11.4 Å². The molecule has 0 atom stereocenters. The third-order valence-corrected chi connectivity index (χ3v) is 2.22. The number of hydrogen-bond acceptors (Lipinski definition) is 4. The fourth-order valence-electron chi connectivity index (χ4n) is 1.20. The highest BCUT2D eigenvalue weighted by molar-refractivity contribution is 5.64. The summed E-state index contributed by atoms with van der Waals surface area (Å²) in [4.78, 5) is 23.7. The Balaban J connectivity index is 2.97. The lowest BCUT2D eigenvalue weighted by atomic mass is 10.3. The molecule has 0 saturated heterocycles. The lowest BCUT2D eigenvalue weighted by Crippen LogP contribution is -2.18. The van der Waals surface area contributed by atoms with E-state index in [2.05, 4.69) is 15.0 Å². The third-order valence-electron chi connectivity index (χ3n) is 2.22. The van der Waals surface area contributed by atoms with E-state index >= 15 is 0 Å². The van der Waals surface area contributed by atoms with Crippen LogP contribution in [-0.4, -0.2) is 19.5 Å². The maximum Gasteiger partial charge on any atom is 0.270 e. The van der Waals surface area contributed by atoms with Gasteiger partial charge in [0.25, 0.3) is 5.56 Å². The number of rotatable bonds is 0. The van der Waals surface area contributed by atoms with E-state index < -0.39 is 0 Å². The highest BCUT2D eigenvalue weighted by Crippen LogP contribution is 2.06. The number of fused-ring (bicyclic) bond motifs is 1. The van der Waals surface area contributed by atoms with Crippen LogP contribution in [0.25, 0.3) is 11.3 Å². The molecule has 0 unspecified atom stereocenters. The Morgan fingerprint density at radius 1 is 1.21 bits per heavy atom. The van der Waals surface area contributed by atoms with Crippen LogP contribution in [-0.2, 0) is 7.05 Å². The standard InChI is InChI=1S/C9H10N4O/c1-5-6(2)12-9-8(11-5)10-4-7(14)13(9)3/h4H,1-3H3. The number of nitrogens with zero attached hydrogens (tertiary/aromatic N) is 4. The van der Waals surface area contributed by atoms with Gasteiger partial charge in [-0.2, -0.15) is 0 Å². The van der Waals surface area contributed by atoms with Crippen molar-refractivity contribution in [2.75, 3.05) is 0 Å². The summed E-state index contributed by atoms with van der Waals surface area (Å²) < 4.78 is 1.45. The molecule has 0 N–H and O–H groups in total. The monoisotopic (exact) mass is 190 g/mol. The van der Waals surface area contributed by atoms with Crippen LogP contribution in [0.5, 0.6) is 0 Å². The molecule has 0 aliphatic rings. The quantitative estimate of drug-likeness (QED) is 0.601. The second kappa shape index (κ2) is 2.87. The van der Waals surface area contributed by atoms with Crippen molar-refractivity contribution >= 4 is 11.3 Å². The summed E-state index contributed by atoms with van der Waals surface area (Å²) in [7, 11) is 1.66. The van der Waals surface area contributed by atoms with Crippen molar-refractivity contribution < 1.29 is 0 Å². The fourth-order valence-corrected chi connectivity index (χ4v) is 1.20. The van der Waals surface area contributed by atoms with Gasteiger partial charge in [-0.15, -0.1) is 0 Å². The first-order chi connectivity index (χ1) is 6.59. The van der Waals surface area contributed by atoms with Gasteiger partial charge in [0, 0.05) is 7.05 Å². The Bertz CT molecular complexity index is 558. The Hall–Kier alpha value is -1.78. The molecule has 0 spiro atoms. The maximum absolute atomic E-state index is 11.3. The fraction of sp³-hybridized carbons (Fsp3) is 0.333. The highest BCUT2D eigenvalue weighted by Gasteiger charge is 2.05. The van der Waals surface area contributed by atoms with Crippen LogP contribution in [0.15, 0.2) is 11.0 Å². The summed E-state index contributed by atoms with van der Waals surface area (Å²) in [5.41, 5.74) is 2.52. The third kappa shape index (κ3) is 1.17. The Morgan fingerprint density at radius 3 is 2.57 bits per heavy atom. The number of aromatic nitrogens is 4. The molecule has 5 nitrogen and oxygen atoms in total. The molecule has 5 heteroatoms. The second-order valence-corrected chi connectivity index (χ2v) is 3.20. The molecule has 0 radical (unpaired) electrons. The van der Waals surface area contributed by atoms with E-state index in [9.17, 15) is 4.79 Å². The second-order valence-electron chi connectivity index (χ2n) is 3.20. The molecule has 2 heterocycles. The van der Waals surface area contributed by atoms with Crippen LogP contribution in [0.3, 0.4) is 0 Å². The average molecular weight is 190 g/mol. The largest absolute Gasteiger partial charge is 0.292 e. The zero-order valence-electron chi connectivity index (χ0n) is 8.27. The summed E-state index contributed by atoms with van der Waals surface area (Å²) in [5, 5.41) is 0. The van der Waals surface area contributed by atoms with E-state index in [4.69, 9.17) is 0 Å². The molecule has 2 aromatic heterocycles. The van der Waals surface area contributed by atoms with Crippen molar-refractivity contribution in [3.63, 3.8) is 0 Å². The van der Waals surface area contributed by atoms with Gasteiger partial charge in [0.05, 0.1) is 17.6 Å². The predicted molar refractivity (Wildman–Crippen MR) is 52.0 cm³/mol. The first-order valence-electron chi connectivity index (χ1n) is 4.26. The SMILES string of the molecule is Cc1nc2ncc(=O)n(C)c2nc1C. The molecule has 2 rings (SSSR count). The van der Waals surface area contributed by atoms with Gasteiger partial charge in [-0.3, -0.25) is 9.36 Å². The van der Waals surface area contributed by atoms with Gasteiger partial charge >= 0.3 is 0 Å². The van der Waals surface area contributed by atoms with E-state index in [1.54, 1.807) is 7.05 Å². The number of aryl methyl sites for hydroxylation is 3. The molecule has 2 aromatic rings. The molecular weight excluding hydrogens is 180 g/mol. The molecule has 0 fully saturated rings. The lowest BCUT2D eigenvalue weighted by molar-refractivity contribution is 0.857. The minimum absolute atomic E-state index is 0.171. The van der Waals surface area contributed by atoms with E-state index in [-0.39, 0.29) is 5.56 Å². The number of hydrogen-bond donors (Lipinski definition) is 0. The van der Waals surface area contributed by atoms with E-state index in [0.29, 0.717) is 11.3 Å². The summed E-state index contributed by atoms with van der Waals surface area (Å²) >= 11 is 0. The van der Waals surface area contributed by atoms with E-state index in [1.165, 1.54) is 10.8 Å². The molecule has 0 aliphatic carbocycles. The summed E-state index contributed by atoms with van der Waals surface area (Å²) in [6.07, 6.45) is 1.26. The maximum atomic E-state index is 11.3. The summed E-state index contributed by atoms with van der Waals surface area (Å²) in [6.45, 7) is 3.73. The van der Waals surface area contributed by atoms with Crippen molar-refractivity contribution in [2.45, 2.75) is 13.8 Å². The smallest absolute Gasteiger partial charge is 0.270 e. The first kappa shape index (κ1) is 8.80. The zero-order chi connectivity index (χ0) is 10.3. The van der Waals surface area contributed by atoms with Crippen molar-refractivity contribution in [3.05, 3.63) is 27.9 Å². The van der Waals surface area contributed by atoms with Gasteiger partial charge in [0.2, 0.25) is 0 Å². The van der Waals surface area contributed by atoms with Crippen LogP contribution < -0.4 is 5.56 Å². The lowest BCUT2D eigenvalue weighted by Gasteiger charge is -2.04. The van der Waals surface area contributed by atoms with Gasteiger partial charge in [0.1, 0.15) is 0 Å². The van der Waals surface area contributed by atoms with Gasteiger partial charge in [0.15, 0.2) is 11.3 Å². The van der Waals surface area contributed by atoms with E-state index in [1.807, 2.05) is 13.8 Å². The van der Waals surface area contributed by atoms with Gasteiger partial charge in [-0.1, -0.05) is 0 Å². The minimum atomic E-state index is -0.171. The van der Waals surface area contributed by atoms with Gasteiger partial charge < -0.3 is 0 Å². The Labute approximate surface area is 80.5 Å². The molecule has 14 heavy (non-hydrogen) atoms. The minimum Gasteiger partial charge on any atom is -0.292 e. The summed E-state index contributed by atoms with van der Waals surface area (Å²) in [6, 6.07) is 0. The van der Waals surface area contributed by atoms with Crippen molar-refractivity contribution in [1.29, 1.82) is 0 Å². The molecule has 0 aliphatic heterocycles. The van der Waals surface area contributed by atoms with Crippen LogP contribution >= 0.6 is 0 Å². The highest BCUT2D eigenvalue weighted by atomic mass is 16.1.